The van der Waals surface area contributed by atoms with E-state index < -0.39 is 0 Å². The quantitative estimate of drug-likeness (QED) is 0.891. The van der Waals surface area contributed by atoms with Crippen molar-refractivity contribution in [3.05, 3.63) is 29.5 Å². The van der Waals surface area contributed by atoms with Crippen LogP contribution in [0.2, 0.25) is 0 Å². The van der Waals surface area contributed by atoms with E-state index in [1.165, 1.54) is 48.1 Å². The van der Waals surface area contributed by atoms with Gasteiger partial charge in [0.15, 0.2) is 0 Å². The van der Waals surface area contributed by atoms with E-state index in [0.717, 1.165) is 24.0 Å². The molecule has 4 unspecified atom stereocenters. The predicted molar refractivity (Wildman–Crippen MR) is 99.9 cm³/mol. The Bertz CT molecular complexity index is 735. The van der Waals surface area contributed by atoms with Crippen LogP contribution in [-0.4, -0.2) is 36.1 Å². The fourth-order valence-corrected chi connectivity index (χ4v) is 5.06. The molecule has 5 atom stereocenters. The topological polar surface area (TPSA) is 28.3 Å². The first-order valence-electron chi connectivity index (χ1n) is 9.54. The minimum absolute atomic E-state index is 0.648. The molecule has 4 rings (SSSR count). The Morgan fingerprint density at radius 2 is 2.21 bits per heavy atom. The van der Waals surface area contributed by atoms with Crippen LogP contribution >= 0.6 is 0 Å². The number of rotatable bonds is 4. The van der Waals surface area contributed by atoms with Crippen molar-refractivity contribution in [3.63, 3.8) is 0 Å². The minimum Gasteiger partial charge on any atom is -0.497 e. The second-order valence-electron chi connectivity index (χ2n) is 7.95. The number of aromatic nitrogens is 1. The lowest BCUT2D eigenvalue weighted by atomic mass is 9.80. The Morgan fingerprint density at radius 1 is 1.38 bits per heavy atom. The number of benzene rings is 1. The number of hydrogen-bond donors (Lipinski definition) is 1. The molecule has 0 aliphatic carbocycles. The normalized spacial score (nSPS) is 30.2. The highest BCUT2D eigenvalue weighted by Crippen LogP contribution is 2.46. The number of fused-ring (bicyclic) bond motifs is 6. The first kappa shape index (κ1) is 16.0. The maximum absolute atomic E-state index is 5.46. The Hall–Kier alpha value is -1.48. The molecule has 2 aromatic rings. The highest BCUT2D eigenvalue weighted by atomic mass is 16.5. The van der Waals surface area contributed by atoms with Gasteiger partial charge >= 0.3 is 0 Å². The summed E-state index contributed by atoms with van der Waals surface area (Å²) in [5.41, 5.74) is 4.33. The van der Waals surface area contributed by atoms with Crippen molar-refractivity contribution < 1.29 is 4.74 Å². The smallest absolute Gasteiger partial charge is 0.119 e. The standard InChI is InChI=1S/C21H30N2O/c1-5-13(2)10-15-12-23-9-8-17-18-11-16(24-4)6-7-19(18)22-21(17)20(15)14(23)3/h6-7,11,13-15,20,22H,5,8-10,12H2,1-4H3/t13?,14?,15-,20?/m1/s1. The van der Waals surface area contributed by atoms with Gasteiger partial charge in [-0.2, -0.15) is 0 Å². The summed E-state index contributed by atoms with van der Waals surface area (Å²) in [6, 6.07) is 7.12. The molecule has 2 aliphatic heterocycles. The number of nitrogens with zero attached hydrogens (tertiary/aromatic N) is 1. The summed E-state index contributed by atoms with van der Waals surface area (Å²) in [5, 5.41) is 1.37. The fourth-order valence-electron chi connectivity index (χ4n) is 5.06. The van der Waals surface area contributed by atoms with Gasteiger partial charge in [-0.1, -0.05) is 20.3 Å². The van der Waals surface area contributed by atoms with E-state index in [1.54, 1.807) is 7.11 Å². The lowest BCUT2D eigenvalue weighted by Crippen LogP contribution is -2.29. The molecule has 3 heterocycles. The third-order valence-electron chi connectivity index (χ3n) is 6.60. The number of nitrogens with one attached hydrogen (secondary N) is 1. The predicted octanol–water partition coefficient (Wildman–Crippen LogP) is 4.57. The summed E-state index contributed by atoms with van der Waals surface area (Å²) in [4.78, 5) is 6.52. The van der Waals surface area contributed by atoms with Crippen LogP contribution in [0.25, 0.3) is 10.9 Å². The van der Waals surface area contributed by atoms with Crippen LogP contribution in [-0.2, 0) is 6.42 Å². The van der Waals surface area contributed by atoms with E-state index in [2.05, 4.69) is 48.9 Å². The van der Waals surface area contributed by atoms with E-state index >= 15 is 0 Å². The van der Waals surface area contributed by atoms with Gasteiger partial charge in [0.25, 0.3) is 0 Å². The molecule has 0 saturated carbocycles. The van der Waals surface area contributed by atoms with Crippen LogP contribution in [0.15, 0.2) is 18.2 Å². The van der Waals surface area contributed by atoms with Gasteiger partial charge in [0, 0.05) is 41.6 Å². The van der Waals surface area contributed by atoms with Gasteiger partial charge in [-0.25, -0.2) is 0 Å². The largest absolute Gasteiger partial charge is 0.497 e. The first-order valence-corrected chi connectivity index (χ1v) is 9.54. The number of ether oxygens (including phenoxy) is 1. The molecule has 0 spiro atoms. The molecule has 0 amide bonds. The third kappa shape index (κ3) is 2.45. The van der Waals surface area contributed by atoms with Gasteiger partial charge in [0.2, 0.25) is 0 Å². The van der Waals surface area contributed by atoms with Gasteiger partial charge < -0.3 is 9.72 Å². The molecule has 3 nitrogen and oxygen atoms in total. The van der Waals surface area contributed by atoms with Crippen LogP contribution in [0.1, 0.15) is 50.8 Å². The molecular weight excluding hydrogens is 296 g/mol. The molecule has 1 fully saturated rings. The number of hydrogen-bond acceptors (Lipinski definition) is 2. The van der Waals surface area contributed by atoms with Crippen molar-refractivity contribution in [2.24, 2.45) is 11.8 Å². The lowest BCUT2D eigenvalue weighted by Gasteiger charge is -2.24. The van der Waals surface area contributed by atoms with Crippen molar-refractivity contribution >= 4 is 10.9 Å². The maximum atomic E-state index is 5.46. The maximum Gasteiger partial charge on any atom is 0.119 e. The zero-order chi connectivity index (χ0) is 16.8. The van der Waals surface area contributed by atoms with E-state index in [4.69, 9.17) is 4.74 Å². The van der Waals surface area contributed by atoms with Crippen molar-refractivity contribution in [1.82, 2.24) is 9.88 Å². The van der Waals surface area contributed by atoms with Gasteiger partial charge in [-0.05, 0) is 55.4 Å². The van der Waals surface area contributed by atoms with Crippen LogP contribution < -0.4 is 4.74 Å². The summed E-state index contributed by atoms with van der Waals surface area (Å²) < 4.78 is 5.46. The zero-order valence-corrected chi connectivity index (χ0v) is 15.4. The molecule has 1 aromatic carbocycles. The molecule has 1 N–H and O–H groups in total. The molecule has 0 radical (unpaired) electrons. The van der Waals surface area contributed by atoms with Crippen molar-refractivity contribution in [2.45, 2.75) is 52.0 Å². The Kier molecular flexibility index (Phi) is 4.07. The third-order valence-corrected chi connectivity index (χ3v) is 6.60. The molecule has 2 aliphatic rings. The highest BCUT2D eigenvalue weighted by molar-refractivity contribution is 5.86. The second-order valence-corrected chi connectivity index (χ2v) is 7.95. The Labute approximate surface area is 145 Å². The van der Waals surface area contributed by atoms with Gasteiger partial charge in [-0.15, -0.1) is 0 Å². The lowest BCUT2D eigenvalue weighted by molar-refractivity contribution is 0.264. The Balaban J connectivity index is 1.79. The van der Waals surface area contributed by atoms with Crippen LogP contribution in [0.3, 0.4) is 0 Å². The molecule has 2 bridgehead atoms. The summed E-state index contributed by atoms with van der Waals surface area (Å²) in [6.07, 6.45) is 3.79. The molecule has 1 aromatic heterocycles. The number of aromatic amines is 1. The average molecular weight is 326 g/mol. The number of methoxy groups -OCH3 is 1. The van der Waals surface area contributed by atoms with Crippen molar-refractivity contribution in [1.29, 1.82) is 0 Å². The van der Waals surface area contributed by atoms with Crippen molar-refractivity contribution in [2.75, 3.05) is 20.2 Å². The van der Waals surface area contributed by atoms with Crippen LogP contribution in [0.5, 0.6) is 5.75 Å². The van der Waals surface area contributed by atoms with E-state index in [-0.39, 0.29) is 0 Å². The van der Waals surface area contributed by atoms with Gasteiger partial charge in [-0.3, -0.25) is 4.90 Å². The summed E-state index contributed by atoms with van der Waals surface area (Å²) in [6.45, 7) is 9.62. The summed E-state index contributed by atoms with van der Waals surface area (Å²) in [5.74, 6) is 3.21. The Morgan fingerprint density at radius 3 is 2.96 bits per heavy atom. The average Bonchev–Trinajstić information content (AvgIpc) is 3.03. The monoisotopic (exact) mass is 326 g/mol. The zero-order valence-electron chi connectivity index (χ0n) is 15.4. The summed E-state index contributed by atoms with van der Waals surface area (Å²) >= 11 is 0. The van der Waals surface area contributed by atoms with E-state index in [1.807, 2.05) is 0 Å². The molecular formula is C21H30N2O. The van der Waals surface area contributed by atoms with Crippen molar-refractivity contribution in [3.8, 4) is 5.75 Å². The molecule has 24 heavy (non-hydrogen) atoms. The minimum atomic E-state index is 0.648. The molecule has 130 valence electrons. The van der Waals surface area contributed by atoms with Gasteiger partial charge in [0.1, 0.15) is 5.75 Å². The summed E-state index contributed by atoms with van der Waals surface area (Å²) in [7, 11) is 1.75. The van der Waals surface area contributed by atoms with Crippen LogP contribution in [0.4, 0.5) is 0 Å². The second kappa shape index (κ2) is 6.11. The van der Waals surface area contributed by atoms with E-state index in [0.29, 0.717) is 12.0 Å². The molecule has 3 heteroatoms. The van der Waals surface area contributed by atoms with E-state index in [9.17, 15) is 0 Å². The highest BCUT2D eigenvalue weighted by Gasteiger charge is 2.43. The first-order chi connectivity index (χ1) is 11.6. The van der Waals surface area contributed by atoms with Gasteiger partial charge in [0.05, 0.1) is 7.11 Å². The SMILES string of the molecule is CCC(C)C[C@@H]1CN2CCc3c([nH]c4ccc(OC)cc34)C1C2C. The van der Waals surface area contributed by atoms with Crippen LogP contribution in [0, 0.1) is 11.8 Å². The molecule has 1 saturated heterocycles. The fraction of sp³-hybridized carbons (Fsp3) is 0.619. The number of H-pyrrole nitrogens is 1.